The lowest BCUT2D eigenvalue weighted by Gasteiger charge is -2.37. The van der Waals surface area contributed by atoms with Gasteiger partial charge in [0.2, 0.25) is 0 Å². The van der Waals surface area contributed by atoms with Gasteiger partial charge in [0.25, 0.3) is 0 Å². The Morgan fingerprint density at radius 1 is 1.00 bits per heavy atom. The van der Waals surface area contributed by atoms with Crippen LogP contribution in [0.2, 0.25) is 0 Å². The molecule has 3 rings (SSSR count). The van der Waals surface area contributed by atoms with Gasteiger partial charge in [-0.15, -0.1) is 0 Å². The van der Waals surface area contributed by atoms with Gasteiger partial charge in [-0.1, -0.05) is 12.8 Å². The fraction of sp³-hybridized carbons (Fsp3) is 1.00. The van der Waals surface area contributed by atoms with Crippen molar-refractivity contribution < 1.29 is 9.84 Å². The van der Waals surface area contributed by atoms with E-state index in [9.17, 15) is 5.11 Å². The molecule has 0 amide bonds. The van der Waals surface area contributed by atoms with Crippen molar-refractivity contribution >= 4 is 0 Å². The molecule has 0 radical (unpaired) electrons. The van der Waals surface area contributed by atoms with Crippen LogP contribution in [0.3, 0.4) is 0 Å². The third-order valence-corrected chi connectivity index (χ3v) is 5.69. The molecule has 0 aromatic rings. The van der Waals surface area contributed by atoms with Crippen LogP contribution in [0.15, 0.2) is 0 Å². The van der Waals surface area contributed by atoms with Gasteiger partial charge >= 0.3 is 0 Å². The third kappa shape index (κ3) is 3.55. The minimum absolute atomic E-state index is 0.0347. The molecule has 0 aromatic carbocycles. The summed E-state index contributed by atoms with van der Waals surface area (Å²) in [7, 11) is 0. The van der Waals surface area contributed by atoms with Crippen molar-refractivity contribution in [2.24, 2.45) is 5.92 Å². The van der Waals surface area contributed by atoms with Crippen LogP contribution < -0.4 is 0 Å². The first-order valence-corrected chi connectivity index (χ1v) is 8.88. The van der Waals surface area contributed by atoms with Crippen molar-refractivity contribution in [2.45, 2.75) is 82.5 Å². The number of ether oxygens (including phenoxy) is 1. The van der Waals surface area contributed by atoms with Gasteiger partial charge in [-0.2, -0.15) is 0 Å². The van der Waals surface area contributed by atoms with E-state index in [4.69, 9.17) is 4.74 Å². The minimum Gasteiger partial charge on any atom is -0.393 e. The van der Waals surface area contributed by atoms with E-state index < -0.39 is 0 Å². The Morgan fingerprint density at radius 3 is 2.70 bits per heavy atom. The molecule has 0 spiro atoms. The first-order chi connectivity index (χ1) is 9.84. The van der Waals surface area contributed by atoms with E-state index in [0.29, 0.717) is 18.1 Å². The molecule has 1 saturated carbocycles. The SMILES string of the molecule is OC1CCCCC1C1CCCN1CCCC1CCCO1. The minimum atomic E-state index is -0.0347. The van der Waals surface area contributed by atoms with Gasteiger partial charge in [0.05, 0.1) is 12.2 Å². The average Bonchev–Trinajstić information content (AvgIpc) is 3.11. The second kappa shape index (κ2) is 7.24. The molecule has 0 aromatic heterocycles. The summed E-state index contributed by atoms with van der Waals surface area (Å²) >= 11 is 0. The number of aliphatic hydroxyl groups is 1. The molecule has 4 unspecified atom stereocenters. The molecule has 3 heteroatoms. The zero-order valence-corrected chi connectivity index (χ0v) is 12.8. The molecule has 1 N–H and O–H groups in total. The van der Waals surface area contributed by atoms with Crippen molar-refractivity contribution in [1.29, 1.82) is 0 Å². The van der Waals surface area contributed by atoms with Crippen LogP contribution in [0.4, 0.5) is 0 Å². The van der Waals surface area contributed by atoms with Crippen molar-refractivity contribution in [3.63, 3.8) is 0 Å². The summed E-state index contributed by atoms with van der Waals surface area (Å²) in [6.45, 7) is 3.44. The van der Waals surface area contributed by atoms with E-state index in [0.717, 1.165) is 13.0 Å². The third-order valence-electron chi connectivity index (χ3n) is 5.69. The maximum absolute atomic E-state index is 10.3. The fourth-order valence-corrected chi connectivity index (χ4v) is 4.60. The normalized spacial score (nSPS) is 39.5. The summed E-state index contributed by atoms with van der Waals surface area (Å²) in [4.78, 5) is 2.67. The molecular weight excluding hydrogens is 250 g/mol. The summed E-state index contributed by atoms with van der Waals surface area (Å²) in [6, 6.07) is 0.662. The molecule has 2 heterocycles. The zero-order valence-electron chi connectivity index (χ0n) is 12.8. The van der Waals surface area contributed by atoms with Crippen LogP contribution in [0.5, 0.6) is 0 Å². The van der Waals surface area contributed by atoms with Crippen LogP contribution in [0.25, 0.3) is 0 Å². The lowest BCUT2D eigenvalue weighted by Crippen LogP contribution is -2.43. The number of aliphatic hydroxyl groups excluding tert-OH is 1. The van der Waals surface area contributed by atoms with Gasteiger partial charge in [0, 0.05) is 18.6 Å². The number of nitrogens with zero attached hydrogens (tertiary/aromatic N) is 1. The summed E-state index contributed by atoms with van der Waals surface area (Å²) in [5, 5.41) is 10.3. The Kier molecular flexibility index (Phi) is 5.36. The lowest BCUT2D eigenvalue weighted by atomic mass is 9.80. The number of rotatable bonds is 5. The highest BCUT2D eigenvalue weighted by atomic mass is 16.5. The average molecular weight is 281 g/mol. The quantitative estimate of drug-likeness (QED) is 0.841. The summed E-state index contributed by atoms with van der Waals surface area (Å²) in [6.07, 6.45) is 13.0. The number of likely N-dealkylation sites (tertiary alicyclic amines) is 1. The molecule has 3 nitrogen and oxygen atoms in total. The van der Waals surface area contributed by atoms with Gasteiger partial charge in [-0.3, -0.25) is 0 Å². The predicted molar refractivity (Wildman–Crippen MR) is 80.8 cm³/mol. The lowest BCUT2D eigenvalue weighted by molar-refractivity contribution is 0.0204. The van der Waals surface area contributed by atoms with E-state index in [1.807, 2.05) is 0 Å². The molecule has 1 aliphatic carbocycles. The van der Waals surface area contributed by atoms with Crippen molar-refractivity contribution in [2.75, 3.05) is 19.7 Å². The molecule has 3 fully saturated rings. The van der Waals surface area contributed by atoms with Crippen LogP contribution in [0, 0.1) is 5.92 Å². The van der Waals surface area contributed by atoms with Gasteiger partial charge in [0.1, 0.15) is 0 Å². The maximum atomic E-state index is 10.3. The first-order valence-electron chi connectivity index (χ1n) is 8.88. The predicted octanol–water partition coefficient (Wildman–Crippen LogP) is 2.96. The monoisotopic (exact) mass is 281 g/mol. The summed E-state index contributed by atoms with van der Waals surface area (Å²) in [5.41, 5.74) is 0. The van der Waals surface area contributed by atoms with Gasteiger partial charge in [-0.25, -0.2) is 0 Å². The molecule has 20 heavy (non-hydrogen) atoms. The Labute approximate surface area is 123 Å². The van der Waals surface area contributed by atoms with Crippen LogP contribution >= 0.6 is 0 Å². The van der Waals surface area contributed by atoms with Gasteiger partial charge in [0.15, 0.2) is 0 Å². The van der Waals surface area contributed by atoms with Gasteiger partial charge in [-0.05, 0) is 64.5 Å². The smallest absolute Gasteiger partial charge is 0.0583 e. The Balaban J connectivity index is 1.45. The van der Waals surface area contributed by atoms with Crippen molar-refractivity contribution in [3.05, 3.63) is 0 Å². The van der Waals surface area contributed by atoms with Gasteiger partial charge < -0.3 is 14.7 Å². The van der Waals surface area contributed by atoms with E-state index >= 15 is 0 Å². The van der Waals surface area contributed by atoms with Crippen LogP contribution in [-0.4, -0.2) is 48.0 Å². The second-order valence-electron chi connectivity index (χ2n) is 7.04. The Morgan fingerprint density at radius 2 is 1.90 bits per heavy atom. The molecule has 3 aliphatic rings. The van der Waals surface area contributed by atoms with E-state index in [1.165, 1.54) is 70.9 Å². The summed E-state index contributed by atoms with van der Waals surface area (Å²) in [5.74, 6) is 0.550. The molecule has 2 saturated heterocycles. The number of hydrogen-bond donors (Lipinski definition) is 1. The van der Waals surface area contributed by atoms with Crippen molar-refractivity contribution in [3.8, 4) is 0 Å². The second-order valence-corrected chi connectivity index (χ2v) is 7.04. The largest absolute Gasteiger partial charge is 0.393 e. The molecule has 116 valence electrons. The highest BCUT2D eigenvalue weighted by molar-refractivity contribution is 4.90. The standard InChI is InChI=1S/C17H31NO2/c19-17-10-2-1-8-15(17)16-9-4-12-18(16)11-3-6-14-7-5-13-20-14/h14-17,19H,1-13H2. The molecule has 4 atom stereocenters. The maximum Gasteiger partial charge on any atom is 0.0583 e. The Hall–Kier alpha value is -0.120. The zero-order chi connectivity index (χ0) is 13.8. The highest BCUT2D eigenvalue weighted by Gasteiger charge is 2.36. The number of hydrogen-bond acceptors (Lipinski definition) is 3. The fourth-order valence-electron chi connectivity index (χ4n) is 4.60. The van der Waals surface area contributed by atoms with Crippen molar-refractivity contribution in [1.82, 2.24) is 4.90 Å². The summed E-state index contributed by atoms with van der Waals surface area (Å²) < 4.78 is 5.72. The topological polar surface area (TPSA) is 32.7 Å². The molecular formula is C17H31NO2. The van der Waals surface area contributed by atoms with Crippen LogP contribution in [-0.2, 0) is 4.74 Å². The molecule has 0 bridgehead atoms. The highest BCUT2D eigenvalue weighted by Crippen LogP contribution is 2.34. The van der Waals surface area contributed by atoms with E-state index in [-0.39, 0.29) is 6.10 Å². The first kappa shape index (κ1) is 14.8. The van der Waals surface area contributed by atoms with Crippen LogP contribution in [0.1, 0.15) is 64.2 Å². The van der Waals surface area contributed by atoms with E-state index in [2.05, 4.69) is 4.90 Å². The molecule has 2 aliphatic heterocycles. The Bertz CT molecular complexity index is 291. The van der Waals surface area contributed by atoms with E-state index in [1.54, 1.807) is 0 Å².